The second kappa shape index (κ2) is 7.85. The number of amides is 1. The number of benzene rings is 2. The predicted octanol–water partition coefficient (Wildman–Crippen LogP) is 4.58. The summed E-state index contributed by atoms with van der Waals surface area (Å²) in [7, 11) is 0. The van der Waals surface area contributed by atoms with Crippen molar-refractivity contribution in [3.63, 3.8) is 0 Å². The molecule has 0 aliphatic carbocycles. The van der Waals surface area contributed by atoms with E-state index in [1.165, 1.54) is 23.9 Å². The van der Waals surface area contributed by atoms with Gasteiger partial charge in [0.2, 0.25) is 11.7 Å². The van der Waals surface area contributed by atoms with Crippen molar-refractivity contribution in [3.8, 4) is 11.6 Å². The van der Waals surface area contributed by atoms with E-state index in [0.29, 0.717) is 29.0 Å². The van der Waals surface area contributed by atoms with Crippen LogP contribution in [0, 0.1) is 5.82 Å². The molecule has 4 rings (SSSR count). The fourth-order valence-electron chi connectivity index (χ4n) is 2.85. The minimum absolute atomic E-state index is 0.134. The second-order valence-corrected chi connectivity index (χ2v) is 6.99. The molecule has 0 aliphatic rings. The molecule has 28 heavy (non-hydrogen) atoms. The Balaban J connectivity index is 1.49. The van der Waals surface area contributed by atoms with Crippen LogP contribution in [0.15, 0.2) is 64.2 Å². The number of para-hydroxylation sites is 1. The Bertz CT molecular complexity index is 1110. The van der Waals surface area contributed by atoms with Crippen LogP contribution >= 0.6 is 11.8 Å². The van der Waals surface area contributed by atoms with Gasteiger partial charge in [0.25, 0.3) is 0 Å². The predicted molar refractivity (Wildman–Crippen MR) is 107 cm³/mol. The molecule has 0 unspecified atom stereocenters. The molecule has 0 saturated carbocycles. The maximum absolute atomic E-state index is 13.2. The molecule has 0 fully saturated rings. The van der Waals surface area contributed by atoms with E-state index in [9.17, 15) is 9.18 Å². The maximum atomic E-state index is 13.2. The zero-order valence-electron chi connectivity index (χ0n) is 15.1. The van der Waals surface area contributed by atoms with E-state index in [2.05, 4.69) is 15.5 Å². The summed E-state index contributed by atoms with van der Waals surface area (Å²) in [5.74, 6) is 0.742. The Hall–Kier alpha value is -3.13. The molecule has 0 spiro atoms. The number of nitrogens with one attached hydrogen (secondary N) is 1. The highest BCUT2D eigenvalue weighted by Crippen LogP contribution is 2.29. The van der Waals surface area contributed by atoms with E-state index in [1.807, 2.05) is 41.8 Å². The number of hydrogen-bond acceptors (Lipinski definition) is 5. The van der Waals surface area contributed by atoms with Crippen LogP contribution in [0.2, 0.25) is 0 Å². The number of thioether (sulfide) groups is 1. The average molecular weight is 396 g/mol. The maximum Gasteiger partial charge on any atom is 0.234 e. The van der Waals surface area contributed by atoms with Crippen molar-refractivity contribution in [1.82, 2.24) is 14.8 Å². The first-order valence-corrected chi connectivity index (χ1v) is 9.73. The third kappa shape index (κ3) is 3.77. The van der Waals surface area contributed by atoms with E-state index >= 15 is 0 Å². The van der Waals surface area contributed by atoms with Crippen molar-refractivity contribution in [2.24, 2.45) is 0 Å². The number of carbonyl (C=O) groups excluding carboxylic acids is 1. The van der Waals surface area contributed by atoms with Gasteiger partial charge in [-0.15, -0.1) is 10.2 Å². The number of halogens is 1. The lowest BCUT2D eigenvalue weighted by Crippen LogP contribution is -2.14. The van der Waals surface area contributed by atoms with Crippen molar-refractivity contribution >= 4 is 34.3 Å². The summed E-state index contributed by atoms with van der Waals surface area (Å²) in [5.41, 5.74) is 1.21. The third-order valence-corrected chi connectivity index (χ3v) is 5.09. The number of aromatic nitrogens is 3. The summed E-state index contributed by atoms with van der Waals surface area (Å²) >= 11 is 1.27. The summed E-state index contributed by atoms with van der Waals surface area (Å²) in [6.45, 7) is 2.61. The summed E-state index contributed by atoms with van der Waals surface area (Å²) in [5, 5.41) is 12.7. The van der Waals surface area contributed by atoms with Gasteiger partial charge in [0.05, 0.1) is 5.75 Å². The summed E-state index contributed by atoms with van der Waals surface area (Å²) in [4.78, 5) is 12.2. The molecular weight excluding hydrogens is 379 g/mol. The SMILES string of the molecule is CCn1c(SCC(=O)Nc2cccc(F)c2)nnc1-c1cc2ccccc2o1. The van der Waals surface area contributed by atoms with Gasteiger partial charge >= 0.3 is 0 Å². The molecule has 0 bridgehead atoms. The monoisotopic (exact) mass is 396 g/mol. The molecule has 2 aromatic carbocycles. The highest BCUT2D eigenvalue weighted by atomic mass is 32.2. The minimum atomic E-state index is -0.397. The Morgan fingerprint density at radius 1 is 1.18 bits per heavy atom. The quantitative estimate of drug-likeness (QED) is 0.483. The topological polar surface area (TPSA) is 73.0 Å². The zero-order valence-corrected chi connectivity index (χ0v) is 15.9. The Morgan fingerprint density at radius 3 is 2.82 bits per heavy atom. The molecule has 0 saturated heterocycles. The Kier molecular flexibility index (Phi) is 5.12. The molecule has 0 aliphatic heterocycles. The van der Waals surface area contributed by atoms with Crippen LogP contribution in [0.4, 0.5) is 10.1 Å². The van der Waals surface area contributed by atoms with Crippen molar-refractivity contribution < 1.29 is 13.6 Å². The highest BCUT2D eigenvalue weighted by Gasteiger charge is 2.17. The molecule has 0 radical (unpaired) electrons. The van der Waals surface area contributed by atoms with Crippen LogP contribution in [0.1, 0.15) is 6.92 Å². The van der Waals surface area contributed by atoms with Gasteiger partial charge in [-0.25, -0.2) is 4.39 Å². The van der Waals surface area contributed by atoms with Crippen molar-refractivity contribution in [1.29, 1.82) is 0 Å². The van der Waals surface area contributed by atoms with E-state index in [0.717, 1.165) is 11.0 Å². The van der Waals surface area contributed by atoms with Gasteiger partial charge < -0.3 is 9.73 Å². The van der Waals surface area contributed by atoms with Gasteiger partial charge in [0.1, 0.15) is 11.4 Å². The van der Waals surface area contributed by atoms with E-state index in [4.69, 9.17) is 4.42 Å². The average Bonchev–Trinajstić information content (AvgIpc) is 3.29. The van der Waals surface area contributed by atoms with Crippen molar-refractivity contribution in [2.75, 3.05) is 11.1 Å². The smallest absolute Gasteiger partial charge is 0.234 e. The zero-order chi connectivity index (χ0) is 19.5. The lowest BCUT2D eigenvalue weighted by Gasteiger charge is -2.07. The summed E-state index contributed by atoms with van der Waals surface area (Å²) < 4.78 is 21.0. The minimum Gasteiger partial charge on any atom is -0.453 e. The highest BCUT2D eigenvalue weighted by molar-refractivity contribution is 7.99. The number of anilines is 1. The molecule has 4 aromatic rings. The molecule has 0 atom stereocenters. The molecular formula is C20H17FN4O2S. The first-order chi connectivity index (χ1) is 13.6. The molecule has 8 heteroatoms. The van der Waals surface area contributed by atoms with Crippen molar-refractivity contribution in [2.45, 2.75) is 18.6 Å². The first kappa shape index (κ1) is 18.2. The van der Waals surface area contributed by atoms with Crippen LogP contribution in [0.3, 0.4) is 0 Å². The number of hydrogen-bond donors (Lipinski definition) is 1. The van der Waals surface area contributed by atoms with E-state index < -0.39 is 5.82 Å². The third-order valence-electron chi connectivity index (χ3n) is 4.12. The molecule has 6 nitrogen and oxygen atoms in total. The fraction of sp³-hybridized carbons (Fsp3) is 0.150. The van der Waals surface area contributed by atoms with Crippen LogP contribution in [0.5, 0.6) is 0 Å². The number of fused-ring (bicyclic) bond motifs is 1. The van der Waals surface area contributed by atoms with Gasteiger partial charge in [0, 0.05) is 17.6 Å². The van der Waals surface area contributed by atoms with Crippen molar-refractivity contribution in [3.05, 3.63) is 60.4 Å². The van der Waals surface area contributed by atoms with E-state index in [1.54, 1.807) is 12.1 Å². The molecule has 142 valence electrons. The number of furan rings is 1. The van der Waals surface area contributed by atoms with Crippen LogP contribution in [-0.4, -0.2) is 26.4 Å². The number of rotatable bonds is 6. The second-order valence-electron chi connectivity index (χ2n) is 6.05. The van der Waals surface area contributed by atoms with Gasteiger partial charge in [0.15, 0.2) is 10.9 Å². The molecule has 2 heterocycles. The van der Waals surface area contributed by atoms with Gasteiger partial charge in [-0.3, -0.25) is 9.36 Å². The van der Waals surface area contributed by atoms with Gasteiger partial charge in [-0.1, -0.05) is 36.0 Å². The molecule has 2 aromatic heterocycles. The first-order valence-electron chi connectivity index (χ1n) is 8.74. The number of nitrogens with zero attached hydrogens (tertiary/aromatic N) is 3. The normalized spacial score (nSPS) is 11.1. The lowest BCUT2D eigenvalue weighted by atomic mass is 10.2. The largest absolute Gasteiger partial charge is 0.453 e. The van der Waals surface area contributed by atoms with E-state index in [-0.39, 0.29) is 11.7 Å². The molecule has 1 N–H and O–H groups in total. The fourth-order valence-corrected chi connectivity index (χ4v) is 3.65. The van der Waals surface area contributed by atoms with Crippen LogP contribution < -0.4 is 5.32 Å². The standard InChI is InChI=1S/C20H17FN4O2S/c1-2-25-19(17-10-13-6-3-4-9-16(13)27-17)23-24-20(25)28-12-18(26)22-15-8-5-7-14(21)11-15/h3-11H,2,12H2,1H3,(H,22,26). The van der Waals surface area contributed by atoms with Gasteiger partial charge in [-0.2, -0.15) is 0 Å². The summed E-state index contributed by atoms with van der Waals surface area (Å²) in [6, 6.07) is 15.5. The van der Waals surface area contributed by atoms with Gasteiger partial charge in [-0.05, 0) is 37.3 Å². The Labute approximate surface area is 164 Å². The Morgan fingerprint density at radius 2 is 2.04 bits per heavy atom. The lowest BCUT2D eigenvalue weighted by molar-refractivity contribution is -0.113. The summed E-state index contributed by atoms with van der Waals surface area (Å²) in [6.07, 6.45) is 0. The van der Waals surface area contributed by atoms with Crippen LogP contribution in [0.25, 0.3) is 22.6 Å². The number of carbonyl (C=O) groups is 1. The molecule has 1 amide bonds. The van der Waals surface area contributed by atoms with Crippen LogP contribution in [-0.2, 0) is 11.3 Å².